The van der Waals surface area contributed by atoms with Gasteiger partial charge in [-0.2, -0.15) is 0 Å². The van der Waals surface area contributed by atoms with Crippen LogP contribution in [0.4, 0.5) is 0 Å². The van der Waals surface area contributed by atoms with E-state index in [4.69, 9.17) is 0 Å². The lowest BCUT2D eigenvalue weighted by atomic mass is 10.0. The molecule has 4 heteroatoms. The lowest BCUT2D eigenvalue weighted by Crippen LogP contribution is -2.45. The summed E-state index contributed by atoms with van der Waals surface area (Å²) in [7, 11) is 0. The second kappa shape index (κ2) is 62.4. The molecule has 70 heavy (non-hydrogen) atoms. The SMILES string of the molecule is CCCCCCCCCCCCCCCCCCCC/C=C\CCCCCCCCCCCCCCCCCCCC(=O)NC(CO)C(O)CCCCCCCCCCCCCCCCCCCCC. The van der Waals surface area contributed by atoms with Crippen LogP contribution in [0.5, 0.6) is 0 Å². The molecule has 0 aliphatic carbocycles. The highest BCUT2D eigenvalue weighted by Gasteiger charge is 2.20. The van der Waals surface area contributed by atoms with Crippen molar-refractivity contribution in [3.63, 3.8) is 0 Å². The molecule has 418 valence electrons. The largest absolute Gasteiger partial charge is 0.394 e. The first-order valence-electron chi connectivity index (χ1n) is 32.9. The van der Waals surface area contributed by atoms with Gasteiger partial charge in [0.2, 0.25) is 5.91 Å². The predicted octanol–water partition coefficient (Wildman–Crippen LogP) is 22.0. The summed E-state index contributed by atoms with van der Waals surface area (Å²) < 4.78 is 0. The monoisotopic (exact) mass is 986 g/mol. The number of aliphatic hydroxyl groups is 2. The number of carbonyl (C=O) groups excluding carboxylic acids is 1. The van der Waals surface area contributed by atoms with E-state index in [1.807, 2.05) is 0 Å². The zero-order chi connectivity index (χ0) is 50.6. The van der Waals surface area contributed by atoms with E-state index < -0.39 is 12.1 Å². The molecule has 0 bridgehead atoms. The number of nitrogens with one attached hydrogen (secondary N) is 1. The molecule has 0 aliphatic heterocycles. The summed E-state index contributed by atoms with van der Waals surface area (Å²) in [5.74, 6) is -0.0227. The first kappa shape index (κ1) is 69.1. The Hall–Kier alpha value is -0.870. The fraction of sp³-hybridized carbons (Fsp3) is 0.955. The Morgan fingerprint density at radius 2 is 0.543 bits per heavy atom. The highest BCUT2D eigenvalue weighted by atomic mass is 16.3. The van der Waals surface area contributed by atoms with Crippen LogP contribution in [0.3, 0.4) is 0 Å². The minimum atomic E-state index is -0.657. The molecule has 4 nitrogen and oxygen atoms in total. The van der Waals surface area contributed by atoms with Crippen molar-refractivity contribution in [2.24, 2.45) is 0 Å². The van der Waals surface area contributed by atoms with Gasteiger partial charge in [0.1, 0.15) is 0 Å². The van der Waals surface area contributed by atoms with Gasteiger partial charge in [-0.05, 0) is 38.5 Å². The summed E-state index contributed by atoms with van der Waals surface area (Å²) in [5.41, 5.74) is 0. The van der Waals surface area contributed by atoms with E-state index in [-0.39, 0.29) is 12.5 Å². The van der Waals surface area contributed by atoms with Crippen LogP contribution in [0.1, 0.15) is 386 Å². The predicted molar refractivity (Wildman–Crippen MR) is 313 cm³/mol. The molecule has 0 spiro atoms. The topological polar surface area (TPSA) is 69.6 Å². The maximum atomic E-state index is 12.5. The average molecular weight is 987 g/mol. The fourth-order valence-corrected chi connectivity index (χ4v) is 10.8. The molecule has 0 saturated carbocycles. The maximum Gasteiger partial charge on any atom is 0.220 e. The molecule has 0 aromatic heterocycles. The van der Waals surface area contributed by atoms with Crippen LogP contribution in [-0.2, 0) is 4.79 Å². The Balaban J connectivity index is 3.36. The molecule has 0 radical (unpaired) electrons. The quantitative estimate of drug-likeness (QED) is 0.0420. The Labute approximate surface area is 441 Å². The minimum Gasteiger partial charge on any atom is -0.394 e. The highest BCUT2D eigenvalue weighted by molar-refractivity contribution is 5.76. The fourth-order valence-electron chi connectivity index (χ4n) is 10.8. The summed E-state index contributed by atoms with van der Waals surface area (Å²) >= 11 is 0. The van der Waals surface area contributed by atoms with Crippen molar-refractivity contribution >= 4 is 5.91 Å². The summed E-state index contributed by atoms with van der Waals surface area (Å²) in [5, 5.41) is 23.4. The molecule has 0 aromatic rings. The van der Waals surface area contributed by atoms with Crippen molar-refractivity contribution in [1.29, 1.82) is 0 Å². The molecule has 0 aliphatic rings. The standard InChI is InChI=1S/C66H131NO3/c1-3-5-7-9-11-13-15-17-19-21-23-24-25-26-27-28-29-30-31-32-33-34-35-36-37-38-39-40-41-42-44-46-48-50-52-54-56-58-60-62-66(70)67-64(63-68)65(69)61-59-57-55-53-51-49-47-45-43-22-20-18-16-14-12-10-8-6-4-2/h32-33,64-65,68-69H,3-31,34-63H2,1-2H3,(H,67,70)/b33-32-. The minimum absolute atomic E-state index is 0.0227. The maximum absolute atomic E-state index is 12.5. The second-order valence-electron chi connectivity index (χ2n) is 22.9. The van der Waals surface area contributed by atoms with Crippen LogP contribution < -0.4 is 5.32 Å². The van der Waals surface area contributed by atoms with E-state index in [9.17, 15) is 15.0 Å². The first-order chi connectivity index (χ1) is 34.7. The third kappa shape index (κ3) is 58.0. The van der Waals surface area contributed by atoms with Crippen molar-refractivity contribution in [3.8, 4) is 0 Å². The number of rotatable bonds is 62. The normalized spacial score (nSPS) is 12.7. The lowest BCUT2D eigenvalue weighted by molar-refractivity contribution is -0.123. The van der Waals surface area contributed by atoms with Gasteiger partial charge in [-0.15, -0.1) is 0 Å². The number of carbonyl (C=O) groups is 1. The zero-order valence-corrected chi connectivity index (χ0v) is 48.3. The number of unbranched alkanes of at least 4 members (excludes halogenated alkanes) is 53. The smallest absolute Gasteiger partial charge is 0.220 e. The molecular weight excluding hydrogens is 855 g/mol. The molecule has 0 rings (SSSR count). The number of hydrogen-bond acceptors (Lipinski definition) is 3. The number of aliphatic hydroxyl groups excluding tert-OH is 2. The van der Waals surface area contributed by atoms with E-state index in [0.717, 1.165) is 25.7 Å². The van der Waals surface area contributed by atoms with Crippen LogP contribution in [0.25, 0.3) is 0 Å². The number of amides is 1. The molecule has 0 saturated heterocycles. The van der Waals surface area contributed by atoms with E-state index in [0.29, 0.717) is 12.8 Å². The molecule has 2 unspecified atom stereocenters. The van der Waals surface area contributed by atoms with Gasteiger partial charge in [0.05, 0.1) is 18.8 Å². The Morgan fingerprint density at radius 3 is 0.786 bits per heavy atom. The van der Waals surface area contributed by atoms with Gasteiger partial charge >= 0.3 is 0 Å². The molecule has 3 N–H and O–H groups in total. The Kier molecular flexibility index (Phi) is 61.6. The van der Waals surface area contributed by atoms with E-state index in [1.54, 1.807) is 0 Å². The van der Waals surface area contributed by atoms with Crippen LogP contribution >= 0.6 is 0 Å². The third-order valence-electron chi connectivity index (χ3n) is 15.8. The van der Waals surface area contributed by atoms with Gasteiger partial charge in [0.15, 0.2) is 0 Å². The molecule has 0 heterocycles. The average Bonchev–Trinajstić information content (AvgIpc) is 3.36. The van der Waals surface area contributed by atoms with Crippen LogP contribution in [-0.4, -0.2) is 34.9 Å². The van der Waals surface area contributed by atoms with Gasteiger partial charge in [-0.25, -0.2) is 0 Å². The van der Waals surface area contributed by atoms with Gasteiger partial charge in [-0.1, -0.05) is 353 Å². The highest BCUT2D eigenvalue weighted by Crippen LogP contribution is 2.19. The van der Waals surface area contributed by atoms with Crippen LogP contribution in [0, 0.1) is 0 Å². The Bertz CT molecular complexity index is 982. The summed E-state index contributed by atoms with van der Waals surface area (Å²) in [6, 6.07) is -0.534. The second-order valence-corrected chi connectivity index (χ2v) is 22.9. The van der Waals surface area contributed by atoms with Crippen molar-refractivity contribution < 1.29 is 15.0 Å². The number of hydrogen-bond donors (Lipinski definition) is 3. The van der Waals surface area contributed by atoms with Crippen LogP contribution in [0.2, 0.25) is 0 Å². The van der Waals surface area contributed by atoms with Gasteiger partial charge in [-0.3, -0.25) is 4.79 Å². The molecular formula is C66H131NO3. The van der Waals surface area contributed by atoms with Crippen LogP contribution in [0.15, 0.2) is 12.2 Å². The summed E-state index contributed by atoms with van der Waals surface area (Å²) in [6.07, 6.45) is 82.6. The lowest BCUT2D eigenvalue weighted by Gasteiger charge is -2.22. The van der Waals surface area contributed by atoms with Gasteiger partial charge in [0.25, 0.3) is 0 Å². The molecule has 0 fully saturated rings. The first-order valence-corrected chi connectivity index (χ1v) is 32.9. The van der Waals surface area contributed by atoms with E-state index >= 15 is 0 Å². The Morgan fingerprint density at radius 1 is 0.329 bits per heavy atom. The third-order valence-corrected chi connectivity index (χ3v) is 15.8. The van der Waals surface area contributed by atoms with Crippen molar-refractivity contribution in [1.82, 2.24) is 5.32 Å². The summed E-state index contributed by atoms with van der Waals surface area (Å²) in [6.45, 7) is 4.41. The summed E-state index contributed by atoms with van der Waals surface area (Å²) in [4.78, 5) is 12.5. The number of allylic oxidation sites excluding steroid dienone is 2. The molecule has 0 aromatic carbocycles. The van der Waals surface area contributed by atoms with Crippen molar-refractivity contribution in [2.75, 3.05) is 6.61 Å². The van der Waals surface area contributed by atoms with Crippen molar-refractivity contribution in [3.05, 3.63) is 12.2 Å². The zero-order valence-electron chi connectivity index (χ0n) is 48.3. The van der Waals surface area contributed by atoms with Gasteiger partial charge < -0.3 is 15.5 Å². The van der Waals surface area contributed by atoms with E-state index in [2.05, 4.69) is 31.3 Å². The van der Waals surface area contributed by atoms with Gasteiger partial charge in [0, 0.05) is 6.42 Å². The molecule has 1 amide bonds. The van der Waals surface area contributed by atoms with E-state index in [1.165, 1.54) is 334 Å². The molecule has 2 atom stereocenters. The van der Waals surface area contributed by atoms with Crippen molar-refractivity contribution in [2.45, 2.75) is 398 Å².